The number of amides is 1. The van der Waals surface area contributed by atoms with E-state index < -0.39 is 0 Å². The molecule has 2 aromatic rings. The zero-order chi connectivity index (χ0) is 14.8. The van der Waals surface area contributed by atoms with Gasteiger partial charge in [-0.2, -0.15) is 15.1 Å². The van der Waals surface area contributed by atoms with E-state index in [0.29, 0.717) is 12.5 Å². The van der Waals surface area contributed by atoms with Gasteiger partial charge >= 0.3 is 0 Å². The molecule has 0 unspecified atom stereocenters. The molecule has 1 saturated heterocycles. The monoisotopic (exact) mass is 289 g/mol. The summed E-state index contributed by atoms with van der Waals surface area (Å²) in [6.45, 7) is 4.76. The molecule has 8 heteroatoms. The zero-order valence-electron chi connectivity index (χ0n) is 12.3. The van der Waals surface area contributed by atoms with Crippen LogP contribution in [0.1, 0.15) is 13.3 Å². The second-order valence-electron chi connectivity index (χ2n) is 5.10. The Morgan fingerprint density at radius 1 is 1.29 bits per heavy atom. The fourth-order valence-corrected chi connectivity index (χ4v) is 2.62. The standard InChI is InChI=1S/C13H19N7O/c1-9(21)19-4-3-5-20(7-6-19)12-10-8-15-18-11(10)16-13(14-2)17-12/h8H,3-7H2,1-2H3,(H2,14,15,16,17,18). The molecule has 0 atom stereocenters. The molecule has 1 fully saturated rings. The molecule has 0 aromatic carbocycles. The summed E-state index contributed by atoms with van der Waals surface area (Å²) in [5.74, 6) is 1.56. The van der Waals surface area contributed by atoms with Crippen molar-refractivity contribution in [2.45, 2.75) is 13.3 Å². The summed E-state index contributed by atoms with van der Waals surface area (Å²) >= 11 is 0. The molecule has 3 rings (SSSR count). The summed E-state index contributed by atoms with van der Waals surface area (Å²) in [5, 5.41) is 10.8. The van der Waals surface area contributed by atoms with Gasteiger partial charge in [0, 0.05) is 40.2 Å². The molecule has 1 amide bonds. The van der Waals surface area contributed by atoms with E-state index in [-0.39, 0.29) is 5.91 Å². The van der Waals surface area contributed by atoms with Crippen LogP contribution in [0.3, 0.4) is 0 Å². The maximum atomic E-state index is 11.5. The van der Waals surface area contributed by atoms with Crippen molar-refractivity contribution in [1.29, 1.82) is 0 Å². The molecule has 8 nitrogen and oxygen atoms in total. The van der Waals surface area contributed by atoms with E-state index in [9.17, 15) is 4.79 Å². The number of rotatable bonds is 2. The zero-order valence-corrected chi connectivity index (χ0v) is 12.3. The summed E-state index contributed by atoms with van der Waals surface area (Å²) in [4.78, 5) is 24.5. The topological polar surface area (TPSA) is 90.0 Å². The van der Waals surface area contributed by atoms with Crippen LogP contribution in [0.15, 0.2) is 6.20 Å². The van der Waals surface area contributed by atoms with Crippen LogP contribution in [0.2, 0.25) is 0 Å². The molecule has 1 aliphatic rings. The van der Waals surface area contributed by atoms with Gasteiger partial charge in [0.2, 0.25) is 11.9 Å². The molecule has 0 radical (unpaired) electrons. The molecule has 2 aromatic heterocycles. The number of anilines is 2. The second-order valence-corrected chi connectivity index (χ2v) is 5.10. The minimum atomic E-state index is 0.129. The van der Waals surface area contributed by atoms with Crippen molar-refractivity contribution in [3.05, 3.63) is 6.20 Å². The van der Waals surface area contributed by atoms with Gasteiger partial charge in [0.1, 0.15) is 5.82 Å². The highest BCUT2D eigenvalue weighted by Crippen LogP contribution is 2.24. The molecule has 0 saturated carbocycles. The number of hydrogen-bond acceptors (Lipinski definition) is 6. The normalized spacial score (nSPS) is 16.1. The van der Waals surface area contributed by atoms with Crippen LogP contribution in [0.5, 0.6) is 0 Å². The Balaban J connectivity index is 1.92. The molecular weight excluding hydrogens is 270 g/mol. The maximum Gasteiger partial charge on any atom is 0.226 e. The molecule has 2 N–H and O–H groups in total. The number of aromatic amines is 1. The molecular formula is C13H19N7O. The molecule has 0 spiro atoms. The fourth-order valence-electron chi connectivity index (χ4n) is 2.62. The third-order valence-electron chi connectivity index (χ3n) is 3.75. The van der Waals surface area contributed by atoms with Crippen LogP contribution in [-0.4, -0.2) is 64.2 Å². The van der Waals surface area contributed by atoms with Crippen molar-refractivity contribution >= 4 is 28.7 Å². The van der Waals surface area contributed by atoms with Crippen molar-refractivity contribution in [1.82, 2.24) is 25.1 Å². The van der Waals surface area contributed by atoms with Gasteiger partial charge in [-0.15, -0.1) is 0 Å². The van der Waals surface area contributed by atoms with Crippen LogP contribution in [0.25, 0.3) is 11.0 Å². The van der Waals surface area contributed by atoms with E-state index in [2.05, 4.69) is 30.4 Å². The Morgan fingerprint density at radius 3 is 2.90 bits per heavy atom. The number of nitrogens with zero attached hydrogens (tertiary/aromatic N) is 5. The third-order valence-corrected chi connectivity index (χ3v) is 3.75. The van der Waals surface area contributed by atoms with Crippen molar-refractivity contribution in [3.63, 3.8) is 0 Å². The number of hydrogen-bond donors (Lipinski definition) is 2. The third kappa shape index (κ3) is 2.61. The Hall–Kier alpha value is -2.38. The molecule has 21 heavy (non-hydrogen) atoms. The number of carbonyl (C=O) groups is 1. The van der Waals surface area contributed by atoms with Gasteiger partial charge in [0.05, 0.1) is 11.6 Å². The van der Waals surface area contributed by atoms with E-state index in [1.165, 1.54) is 0 Å². The van der Waals surface area contributed by atoms with Crippen LogP contribution in [0, 0.1) is 0 Å². The first kappa shape index (κ1) is 13.6. The lowest BCUT2D eigenvalue weighted by Crippen LogP contribution is -2.34. The van der Waals surface area contributed by atoms with Gasteiger partial charge in [0.25, 0.3) is 0 Å². The molecule has 0 aliphatic carbocycles. The largest absolute Gasteiger partial charge is 0.357 e. The summed E-state index contributed by atoms with van der Waals surface area (Å²) in [5.41, 5.74) is 0.719. The van der Waals surface area contributed by atoms with E-state index in [1.807, 2.05) is 4.90 Å². The molecule has 0 bridgehead atoms. The Labute approximate surface area is 122 Å². The van der Waals surface area contributed by atoms with Crippen LogP contribution < -0.4 is 10.2 Å². The van der Waals surface area contributed by atoms with Crippen molar-refractivity contribution < 1.29 is 4.79 Å². The predicted molar refractivity (Wildman–Crippen MR) is 80.3 cm³/mol. The highest BCUT2D eigenvalue weighted by molar-refractivity contribution is 5.87. The van der Waals surface area contributed by atoms with E-state index in [1.54, 1.807) is 20.2 Å². The number of aromatic nitrogens is 4. The predicted octanol–water partition coefficient (Wildman–Crippen LogP) is 0.453. The lowest BCUT2D eigenvalue weighted by atomic mass is 10.3. The minimum Gasteiger partial charge on any atom is -0.357 e. The lowest BCUT2D eigenvalue weighted by Gasteiger charge is -2.23. The van der Waals surface area contributed by atoms with E-state index in [0.717, 1.165) is 42.9 Å². The van der Waals surface area contributed by atoms with Gasteiger partial charge in [-0.3, -0.25) is 9.89 Å². The first-order valence-corrected chi connectivity index (χ1v) is 7.08. The minimum absolute atomic E-state index is 0.129. The van der Waals surface area contributed by atoms with Gasteiger partial charge in [-0.05, 0) is 6.42 Å². The van der Waals surface area contributed by atoms with Gasteiger partial charge < -0.3 is 15.1 Å². The summed E-state index contributed by atoms with van der Waals surface area (Å²) < 4.78 is 0. The first-order chi connectivity index (χ1) is 10.2. The van der Waals surface area contributed by atoms with Crippen molar-refractivity contribution in [3.8, 4) is 0 Å². The average Bonchev–Trinajstić information content (AvgIpc) is 2.81. The van der Waals surface area contributed by atoms with Crippen LogP contribution >= 0.6 is 0 Å². The number of fused-ring (bicyclic) bond motifs is 1. The smallest absolute Gasteiger partial charge is 0.226 e. The summed E-state index contributed by atoms with van der Waals surface area (Å²) in [6, 6.07) is 0. The fraction of sp³-hybridized carbons (Fsp3) is 0.538. The maximum absolute atomic E-state index is 11.5. The molecule has 3 heterocycles. The van der Waals surface area contributed by atoms with E-state index in [4.69, 9.17) is 0 Å². The average molecular weight is 289 g/mol. The lowest BCUT2D eigenvalue weighted by molar-refractivity contribution is -0.128. The van der Waals surface area contributed by atoms with Crippen molar-refractivity contribution in [2.75, 3.05) is 43.4 Å². The van der Waals surface area contributed by atoms with Gasteiger partial charge in [-0.1, -0.05) is 0 Å². The Bertz CT molecular complexity index is 653. The Morgan fingerprint density at radius 2 is 2.14 bits per heavy atom. The number of H-pyrrole nitrogens is 1. The summed E-state index contributed by atoms with van der Waals surface area (Å²) in [7, 11) is 1.79. The highest BCUT2D eigenvalue weighted by atomic mass is 16.2. The van der Waals surface area contributed by atoms with E-state index >= 15 is 0 Å². The second kappa shape index (κ2) is 5.55. The van der Waals surface area contributed by atoms with Crippen LogP contribution in [0.4, 0.5) is 11.8 Å². The summed E-state index contributed by atoms with van der Waals surface area (Å²) in [6.07, 6.45) is 2.68. The number of carbonyl (C=O) groups excluding carboxylic acids is 1. The highest BCUT2D eigenvalue weighted by Gasteiger charge is 2.20. The van der Waals surface area contributed by atoms with Crippen LogP contribution in [-0.2, 0) is 4.79 Å². The SMILES string of the molecule is CNc1nc(N2CCCN(C(C)=O)CC2)c2cn[nH]c2n1. The first-order valence-electron chi connectivity index (χ1n) is 7.08. The molecule has 1 aliphatic heterocycles. The Kier molecular flexibility index (Phi) is 3.59. The number of nitrogens with one attached hydrogen (secondary N) is 2. The van der Waals surface area contributed by atoms with Gasteiger partial charge in [0.15, 0.2) is 5.65 Å². The van der Waals surface area contributed by atoms with Crippen molar-refractivity contribution in [2.24, 2.45) is 0 Å². The molecule has 112 valence electrons. The quantitative estimate of drug-likeness (QED) is 0.834. The van der Waals surface area contributed by atoms with Gasteiger partial charge in [-0.25, -0.2) is 0 Å².